The number of benzene rings is 1. The van der Waals surface area contributed by atoms with E-state index in [1.54, 1.807) is 7.11 Å². The number of likely N-dealkylation sites (tertiary alicyclic amines) is 1. The lowest BCUT2D eigenvalue weighted by atomic mass is 9.85. The van der Waals surface area contributed by atoms with Gasteiger partial charge in [0.15, 0.2) is 0 Å². The van der Waals surface area contributed by atoms with Crippen molar-refractivity contribution in [1.82, 2.24) is 9.88 Å². The van der Waals surface area contributed by atoms with Gasteiger partial charge in [0, 0.05) is 35.5 Å². The highest BCUT2D eigenvalue weighted by atomic mass is 16.6. The SMILES string of the molecule is CCO/N=C(/c1ccc2nc(OC)ccc2c1)C1CCCN(C2CCC(O)CC2)C1. The molecular formula is C24H33N3O3. The van der Waals surface area contributed by atoms with Crippen molar-refractivity contribution in [3.63, 3.8) is 0 Å². The third kappa shape index (κ3) is 4.76. The monoisotopic (exact) mass is 411 g/mol. The van der Waals surface area contributed by atoms with Crippen molar-refractivity contribution in [3.05, 3.63) is 35.9 Å². The molecule has 1 atom stereocenters. The average Bonchev–Trinajstić information content (AvgIpc) is 2.79. The van der Waals surface area contributed by atoms with Gasteiger partial charge < -0.3 is 14.7 Å². The number of aromatic nitrogens is 1. The minimum Gasteiger partial charge on any atom is -0.481 e. The van der Waals surface area contributed by atoms with E-state index in [1.807, 2.05) is 25.1 Å². The summed E-state index contributed by atoms with van der Waals surface area (Å²) in [5.74, 6) is 0.972. The summed E-state index contributed by atoms with van der Waals surface area (Å²) >= 11 is 0. The zero-order valence-electron chi connectivity index (χ0n) is 18.1. The molecule has 30 heavy (non-hydrogen) atoms. The molecule has 1 unspecified atom stereocenters. The molecule has 162 valence electrons. The van der Waals surface area contributed by atoms with Gasteiger partial charge >= 0.3 is 0 Å². The summed E-state index contributed by atoms with van der Waals surface area (Å²) in [5.41, 5.74) is 3.06. The number of aliphatic hydroxyl groups excluding tert-OH is 1. The first kappa shape index (κ1) is 21.1. The second-order valence-electron chi connectivity index (χ2n) is 8.45. The van der Waals surface area contributed by atoms with Crippen LogP contribution in [0.4, 0.5) is 0 Å². The van der Waals surface area contributed by atoms with Crippen LogP contribution in [0, 0.1) is 5.92 Å². The summed E-state index contributed by atoms with van der Waals surface area (Å²) < 4.78 is 5.25. The van der Waals surface area contributed by atoms with Crippen LogP contribution in [0.3, 0.4) is 0 Å². The van der Waals surface area contributed by atoms with Crippen LogP contribution < -0.4 is 4.74 Å². The van der Waals surface area contributed by atoms with E-state index in [0.717, 1.165) is 67.4 Å². The van der Waals surface area contributed by atoms with E-state index >= 15 is 0 Å². The third-order valence-electron chi connectivity index (χ3n) is 6.48. The molecule has 1 aliphatic heterocycles. The van der Waals surface area contributed by atoms with E-state index in [0.29, 0.717) is 24.4 Å². The largest absolute Gasteiger partial charge is 0.481 e. The Hall–Kier alpha value is -2.18. The molecule has 1 aromatic heterocycles. The highest BCUT2D eigenvalue weighted by molar-refractivity contribution is 6.04. The molecule has 6 heteroatoms. The van der Waals surface area contributed by atoms with Crippen LogP contribution >= 0.6 is 0 Å². The maximum atomic E-state index is 9.86. The van der Waals surface area contributed by atoms with E-state index in [2.05, 4.69) is 27.2 Å². The first-order chi connectivity index (χ1) is 14.7. The molecule has 1 saturated heterocycles. The zero-order chi connectivity index (χ0) is 20.9. The quantitative estimate of drug-likeness (QED) is 0.575. The number of hydrogen-bond acceptors (Lipinski definition) is 6. The standard InChI is InChI=1S/C24H33N3O3/c1-3-30-26-24(18-6-12-22-17(15-18)7-13-23(25-22)29-2)19-5-4-14-27(16-19)20-8-10-21(28)11-9-20/h6-7,12-13,15,19-21,28H,3-5,8-11,14,16H2,1-2H3/b26-24-. The number of methoxy groups -OCH3 is 1. The Bertz CT molecular complexity index is 877. The van der Waals surface area contributed by atoms with Gasteiger partial charge in [-0.15, -0.1) is 0 Å². The van der Waals surface area contributed by atoms with Gasteiger partial charge in [0.05, 0.1) is 24.4 Å². The lowest BCUT2D eigenvalue weighted by Crippen LogP contribution is -2.46. The third-order valence-corrected chi connectivity index (χ3v) is 6.48. The maximum Gasteiger partial charge on any atom is 0.213 e. The fourth-order valence-corrected chi connectivity index (χ4v) is 4.86. The number of fused-ring (bicyclic) bond motifs is 1. The van der Waals surface area contributed by atoms with Crippen molar-refractivity contribution in [2.45, 2.75) is 57.6 Å². The van der Waals surface area contributed by atoms with Gasteiger partial charge in [0.1, 0.15) is 6.61 Å². The number of aliphatic hydroxyl groups is 1. The van der Waals surface area contributed by atoms with Crippen molar-refractivity contribution < 1.29 is 14.7 Å². The van der Waals surface area contributed by atoms with Crippen LogP contribution in [-0.2, 0) is 4.84 Å². The van der Waals surface area contributed by atoms with Gasteiger partial charge in [-0.3, -0.25) is 4.90 Å². The Balaban J connectivity index is 1.57. The zero-order valence-corrected chi connectivity index (χ0v) is 18.1. The lowest BCUT2D eigenvalue weighted by molar-refractivity contribution is 0.0586. The maximum absolute atomic E-state index is 9.86. The molecule has 1 saturated carbocycles. The Kier molecular flexibility index (Phi) is 6.85. The Morgan fingerprint density at radius 3 is 2.77 bits per heavy atom. The fourth-order valence-electron chi connectivity index (χ4n) is 4.86. The normalized spacial score (nSPS) is 26.0. The molecule has 0 amide bonds. The molecule has 2 heterocycles. The second kappa shape index (κ2) is 9.75. The lowest BCUT2D eigenvalue weighted by Gasteiger charge is -2.41. The molecule has 0 radical (unpaired) electrons. The number of rotatable bonds is 6. The number of oxime groups is 1. The minimum absolute atomic E-state index is 0.109. The van der Waals surface area contributed by atoms with Crippen LogP contribution in [0.1, 0.15) is 51.0 Å². The van der Waals surface area contributed by atoms with Crippen molar-refractivity contribution >= 4 is 16.6 Å². The number of hydrogen-bond donors (Lipinski definition) is 1. The fraction of sp³-hybridized carbons (Fsp3) is 0.583. The molecule has 0 bridgehead atoms. The van der Waals surface area contributed by atoms with Gasteiger partial charge in [0.25, 0.3) is 0 Å². The Morgan fingerprint density at radius 1 is 1.17 bits per heavy atom. The summed E-state index contributed by atoms with van der Waals surface area (Å²) in [6, 6.07) is 10.8. The predicted molar refractivity (Wildman–Crippen MR) is 119 cm³/mol. The number of ether oxygens (including phenoxy) is 1. The smallest absolute Gasteiger partial charge is 0.213 e. The minimum atomic E-state index is -0.109. The summed E-state index contributed by atoms with van der Waals surface area (Å²) in [6.07, 6.45) is 6.21. The number of pyridine rings is 1. The van der Waals surface area contributed by atoms with E-state index < -0.39 is 0 Å². The summed E-state index contributed by atoms with van der Waals surface area (Å²) in [6.45, 7) is 4.68. The highest BCUT2D eigenvalue weighted by Crippen LogP contribution is 2.30. The van der Waals surface area contributed by atoms with Gasteiger partial charge in [-0.1, -0.05) is 11.2 Å². The molecule has 1 N–H and O–H groups in total. The van der Waals surface area contributed by atoms with Crippen LogP contribution in [0.5, 0.6) is 5.88 Å². The molecule has 6 nitrogen and oxygen atoms in total. The Labute approximate surface area is 178 Å². The highest BCUT2D eigenvalue weighted by Gasteiger charge is 2.31. The van der Waals surface area contributed by atoms with E-state index in [1.165, 1.54) is 6.42 Å². The van der Waals surface area contributed by atoms with E-state index in [9.17, 15) is 5.11 Å². The van der Waals surface area contributed by atoms with Crippen LogP contribution in [0.15, 0.2) is 35.5 Å². The average molecular weight is 412 g/mol. The second-order valence-corrected chi connectivity index (χ2v) is 8.45. The molecule has 2 aliphatic rings. The van der Waals surface area contributed by atoms with Crippen LogP contribution in [-0.4, -0.2) is 59.7 Å². The van der Waals surface area contributed by atoms with Gasteiger partial charge in [-0.05, 0) is 70.2 Å². The molecular weight excluding hydrogens is 378 g/mol. The first-order valence-electron chi connectivity index (χ1n) is 11.2. The Morgan fingerprint density at radius 2 is 2.00 bits per heavy atom. The number of nitrogens with zero attached hydrogens (tertiary/aromatic N) is 3. The molecule has 1 aliphatic carbocycles. The van der Waals surface area contributed by atoms with Crippen LogP contribution in [0.25, 0.3) is 10.9 Å². The van der Waals surface area contributed by atoms with E-state index in [4.69, 9.17) is 9.57 Å². The van der Waals surface area contributed by atoms with E-state index in [-0.39, 0.29) is 6.10 Å². The van der Waals surface area contributed by atoms with Gasteiger partial charge in [-0.25, -0.2) is 4.98 Å². The predicted octanol–water partition coefficient (Wildman–Crippen LogP) is 4.00. The summed E-state index contributed by atoms with van der Waals surface area (Å²) in [5, 5.41) is 15.5. The molecule has 2 aromatic rings. The molecule has 0 spiro atoms. The first-order valence-corrected chi connectivity index (χ1v) is 11.2. The number of piperidine rings is 1. The van der Waals surface area contributed by atoms with Crippen molar-refractivity contribution in [1.29, 1.82) is 0 Å². The molecule has 4 rings (SSSR count). The van der Waals surface area contributed by atoms with Crippen molar-refractivity contribution in [2.75, 3.05) is 26.8 Å². The molecule has 2 fully saturated rings. The summed E-state index contributed by atoms with van der Waals surface area (Å²) in [7, 11) is 1.64. The van der Waals surface area contributed by atoms with Crippen molar-refractivity contribution in [3.8, 4) is 5.88 Å². The van der Waals surface area contributed by atoms with Crippen LogP contribution in [0.2, 0.25) is 0 Å². The molecule has 1 aromatic carbocycles. The van der Waals surface area contributed by atoms with Crippen molar-refractivity contribution in [2.24, 2.45) is 11.1 Å². The topological polar surface area (TPSA) is 67.2 Å². The summed E-state index contributed by atoms with van der Waals surface area (Å²) in [4.78, 5) is 12.7. The van der Waals surface area contributed by atoms with Gasteiger partial charge in [-0.2, -0.15) is 0 Å². The van der Waals surface area contributed by atoms with Gasteiger partial charge in [0.2, 0.25) is 5.88 Å².